The van der Waals surface area contributed by atoms with Crippen LogP contribution < -0.4 is 5.32 Å². The van der Waals surface area contributed by atoms with Crippen LogP contribution in [0.25, 0.3) is 6.08 Å². The molecular formula is C16H20FN. The van der Waals surface area contributed by atoms with Crippen molar-refractivity contribution in [3.8, 4) is 0 Å². The van der Waals surface area contributed by atoms with Gasteiger partial charge in [-0.2, -0.15) is 0 Å². The number of hydrogen-bond donors (Lipinski definition) is 1. The van der Waals surface area contributed by atoms with Gasteiger partial charge < -0.3 is 5.32 Å². The molecule has 1 unspecified atom stereocenters. The Balaban J connectivity index is 1.77. The van der Waals surface area contributed by atoms with Crippen molar-refractivity contribution in [1.82, 2.24) is 5.32 Å². The fraction of sp³-hybridized carbons (Fsp3) is 0.500. The van der Waals surface area contributed by atoms with Gasteiger partial charge in [0.1, 0.15) is 5.82 Å². The summed E-state index contributed by atoms with van der Waals surface area (Å²) in [7, 11) is 0. The minimum atomic E-state index is -0.118. The highest BCUT2D eigenvalue weighted by Gasteiger charge is 2.34. The highest BCUT2D eigenvalue weighted by Crippen LogP contribution is 2.38. The molecule has 2 aliphatic rings. The first-order valence-corrected chi connectivity index (χ1v) is 6.98. The topological polar surface area (TPSA) is 12.0 Å². The van der Waals surface area contributed by atoms with Crippen molar-refractivity contribution < 1.29 is 4.39 Å². The molecule has 0 spiro atoms. The second-order valence-corrected chi connectivity index (χ2v) is 5.57. The van der Waals surface area contributed by atoms with Crippen LogP contribution in [0.3, 0.4) is 0 Å². The van der Waals surface area contributed by atoms with E-state index in [0.717, 1.165) is 24.9 Å². The Bertz CT molecular complexity index is 418. The van der Waals surface area contributed by atoms with E-state index in [4.69, 9.17) is 0 Å². The number of rotatable bonds is 2. The number of hydrogen-bond acceptors (Lipinski definition) is 1. The Hall–Kier alpha value is -1.15. The summed E-state index contributed by atoms with van der Waals surface area (Å²) in [6.07, 6.45) is 8.23. The van der Waals surface area contributed by atoms with Crippen molar-refractivity contribution >= 4 is 6.08 Å². The number of benzene rings is 1. The molecule has 0 aromatic heterocycles. The third kappa shape index (κ3) is 2.35. The Labute approximate surface area is 108 Å². The highest BCUT2D eigenvalue weighted by atomic mass is 19.1. The molecule has 1 N–H and O–H groups in total. The number of fused-ring (bicyclic) bond motifs is 2. The summed E-state index contributed by atoms with van der Waals surface area (Å²) in [5, 5.41) is 3.52. The van der Waals surface area contributed by atoms with E-state index >= 15 is 0 Å². The third-order valence-corrected chi connectivity index (χ3v) is 4.45. The number of piperidine rings is 1. The van der Waals surface area contributed by atoms with Gasteiger partial charge in [0.25, 0.3) is 0 Å². The lowest BCUT2D eigenvalue weighted by Crippen LogP contribution is -2.45. The number of halogens is 1. The molecule has 0 radical (unpaired) electrons. The van der Waals surface area contributed by atoms with Gasteiger partial charge in [-0.3, -0.25) is 0 Å². The average molecular weight is 245 g/mol. The smallest absolute Gasteiger partial charge is 0.130 e. The molecule has 1 aliphatic carbocycles. The molecule has 1 saturated carbocycles. The van der Waals surface area contributed by atoms with Gasteiger partial charge >= 0.3 is 0 Å². The molecule has 1 nitrogen and oxygen atoms in total. The zero-order valence-electron chi connectivity index (χ0n) is 10.6. The molecule has 1 heterocycles. The van der Waals surface area contributed by atoms with Crippen LogP contribution in [-0.4, -0.2) is 13.1 Å². The Morgan fingerprint density at radius 3 is 2.56 bits per heavy atom. The maximum atomic E-state index is 13.6. The van der Waals surface area contributed by atoms with Gasteiger partial charge in [-0.25, -0.2) is 4.39 Å². The maximum Gasteiger partial charge on any atom is 0.130 e. The predicted molar refractivity (Wildman–Crippen MR) is 72.6 cm³/mol. The summed E-state index contributed by atoms with van der Waals surface area (Å²) in [5.74, 6) is 2.02. The predicted octanol–water partition coefficient (Wildman–Crippen LogP) is 3.47. The molecule has 2 fully saturated rings. The van der Waals surface area contributed by atoms with Gasteiger partial charge in [-0.05, 0) is 49.8 Å². The fourth-order valence-electron chi connectivity index (χ4n) is 3.48. The minimum Gasteiger partial charge on any atom is -0.316 e. The molecule has 1 saturated heterocycles. The van der Waals surface area contributed by atoms with Crippen molar-refractivity contribution in [3.63, 3.8) is 0 Å². The van der Waals surface area contributed by atoms with Gasteiger partial charge in [0.2, 0.25) is 0 Å². The summed E-state index contributed by atoms with van der Waals surface area (Å²) in [5.41, 5.74) is 0.717. The van der Waals surface area contributed by atoms with E-state index in [-0.39, 0.29) is 5.82 Å². The van der Waals surface area contributed by atoms with Crippen LogP contribution in [0.4, 0.5) is 4.39 Å². The Morgan fingerprint density at radius 1 is 1.11 bits per heavy atom. The SMILES string of the molecule is Fc1ccccc1/C=C/C1[C@@H]2CCC[C@H]1CNC2. The van der Waals surface area contributed by atoms with Crippen LogP contribution in [0.1, 0.15) is 24.8 Å². The largest absolute Gasteiger partial charge is 0.316 e. The van der Waals surface area contributed by atoms with Gasteiger partial charge in [-0.1, -0.05) is 36.8 Å². The molecule has 3 rings (SSSR count). The van der Waals surface area contributed by atoms with E-state index in [0.29, 0.717) is 11.5 Å². The third-order valence-electron chi connectivity index (χ3n) is 4.45. The lowest BCUT2D eigenvalue weighted by atomic mass is 9.69. The first-order chi connectivity index (χ1) is 8.84. The molecule has 2 bridgehead atoms. The Morgan fingerprint density at radius 2 is 1.83 bits per heavy atom. The normalized spacial score (nSPS) is 31.7. The zero-order valence-corrected chi connectivity index (χ0v) is 10.6. The van der Waals surface area contributed by atoms with Gasteiger partial charge in [0, 0.05) is 5.56 Å². The zero-order chi connectivity index (χ0) is 12.4. The standard InChI is InChI=1S/C16H20FN/c17-16-7-2-1-4-12(16)8-9-15-13-5-3-6-14(15)11-18-10-13/h1-2,4,7-9,13-15,18H,3,5-6,10-11H2/b9-8+/t13-,14+,15?. The molecule has 1 aromatic carbocycles. The molecular weight excluding hydrogens is 225 g/mol. The monoisotopic (exact) mass is 245 g/mol. The van der Waals surface area contributed by atoms with Crippen molar-refractivity contribution in [2.24, 2.45) is 17.8 Å². The van der Waals surface area contributed by atoms with Crippen molar-refractivity contribution in [3.05, 3.63) is 41.7 Å². The number of nitrogens with one attached hydrogen (secondary N) is 1. The highest BCUT2D eigenvalue weighted by molar-refractivity contribution is 5.50. The second kappa shape index (κ2) is 5.23. The lowest BCUT2D eigenvalue weighted by Gasteiger charge is -2.41. The molecule has 3 atom stereocenters. The van der Waals surface area contributed by atoms with Crippen LogP contribution in [-0.2, 0) is 0 Å². The average Bonchev–Trinajstić information content (AvgIpc) is 2.37. The van der Waals surface area contributed by atoms with Crippen molar-refractivity contribution in [2.45, 2.75) is 19.3 Å². The van der Waals surface area contributed by atoms with Crippen LogP contribution >= 0.6 is 0 Å². The summed E-state index contributed by atoms with van der Waals surface area (Å²) in [6.45, 7) is 2.26. The molecule has 1 aromatic rings. The second-order valence-electron chi connectivity index (χ2n) is 5.57. The van der Waals surface area contributed by atoms with Crippen LogP contribution in [0.5, 0.6) is 0 Å². The van der Waals surface area contributed by atoms with E-state index in [1.54, 1.807) is 6.07 Å². The molecule has 96 valence electrons. The molecule has 18 heavy (non-hydrogen) atoms. The van der Waals surface area contributed by atoms with Crippen LogP contribution in [0.15, 0.2) is 30.3 Å². The van der Waals surface area contributed by atoms with Gasteiger partial charge in [0.15, 0.2) is 0 Å². The summed E-state index contributed by atoms with van der Waals surface area (Å²) in [6, 6.07) is 7.02. The van der Waals surface area contributed by atoms with Crippen molar-refractivity contribution in [2.75, 3.05) is 13.1 Å². The maximum absolute atomic E-state index is 13.6. The van der Waals surface area contributed by atoms with E-state index in [1.165, 1.54) is 25.3 Å². The Kier molecular flexibility index (Phi) is 3.46. The van der Waals surface area contributed by atoms with Gasteiger partial charge in [0.05, 0.1) is 0 Å². The van der Waals surface area contributed by atoms with Crippen LogP contribution in [0.2, 0.25) is 0 Å². The first-order valence-electron chi connectivity index (χ1n) is 6.98. The van der Waals surface area contributed by atoms with Crippen LogP contribution in [0, 0.1) is 23.6 Å². The van der Waals surface area contributed by atoms with Gasteiger partial charge in [-0.15, -0.1) is 0 Å². The quantitative estimate of drug-likeness (QED) is 0.841. The van der Waals surface area contributed by atoms with E-state index in [1.807, 2.05) is 18.2 Å². The molecule has 2 heteroatoms. The first kappa shape index (κ1) is 11.9. The van der Waals surface area contributed by atoms with E-state index < -0.39 is 0 Å². The fourth-order valence-corrected chi connectivity index (χ4v) is 3.48. The molecule has 0 amide bonds. The lowest BCUT2D eigenvalue weighted by molar-refractivity contribution is 0.146. The summed E-state index contributed by atoms with van der Waals surface area (Å²) >= 11 is 0. The number of allylic oxidation sites excluding steroid dienone is 1. The van der Waals surface area contributed by atoms with E-state index in [9.17, 15) is 4.39 Å². The summed E-state index contributed by atoms with van der Waals surface area (Å²) in [4.78, 5) is 0. The molecule has 1 aliphatic heterocycles. The van der Waals surface area contributed by atoms with Crippen molar-refractivity contribution in [1.29, 1.82) is 0 Å². The summed E-state index contributed by atoms with van der Waals surface area (Å²) < 4.78 is 13.6. The van der Waals surface area contributed by atoms with E-state index in [2.05, 4.69) is 11.4 Å². The minimum absolute atomic E-state index is 0.118.